The summed E-state index contributed by atoms with van der Waals surface area (Å²) in [6.07, 6.45) is 1.12. The highest BCUT2D eigenvalue weighted by Crippen LogP contribution is 2.17. The maximum atomic E-state index is 12.2. The lowest BCUT2D eigenvalue weighted by atomic mass is 10.2. The Morgan fingerprint density at radius 2 is 1.90 bits per heavy atom. The van der Waals surface area contributed by atoms with E-state index in [0.29, 0.717) is 45.7 Å². The first-order valence-electron chi connectivity index (χ1n) is 7.17. The van der Waals surface area contributed by atoms with Gasteiger partial charge in [0.15, 0.2) is 0 Å². The summed E-state index contributed by atoms with van der Waals surface area (Å²) in [5, 5.41) is 11.7. The van der Waals surface area contributed by atoms with Gasteiger partial charge in [0.1, 0.15) is 12.1 Å². The van der Waals surface area contributed by atoms with Crippen molar-refractivity contribution in [3.63, 3.8) is 0 Å². The molecular formula is C13H21N3O5. The van der Waals surface area contributed by atoms with Gasteiger partial charge in [-0.05, 0) is 19.8 Å². The number of carbonyl (C=O) groups excluding carboxylic acids is 2. The molecule has 2 rings (SSSR count). The number of hydrogen-bond donors (Lipinski definition) is 2. The van der Waals surface area contributed by atoms with Crippen LogP contribution in [0.4, 0.5) is 4.79 Å². The monoisotopic (exact) mass is 299 g/mol. The predicted octanol–water partition coefficient (Wildman–Crippen LogP) is -0.508. The van der Waals surface area contributed by atoms with Gasteiger partial charge in [-0.15, -0.1) is 0 Å². The molecule has 0 saturated carbocycles. The Labute approximate surface area is 123 Å². The van der Waals surface area contributed by atoms with Crippen molar-refractivity contribution in [2.75, 3.05) is 32.8 Å². The second kappa shape index (κ2) is 6.75. The summed E-state index contributed by atoms with van der Waals surface area (Å²) in [6, 6.07) is -1.96. The highest BCUT2D eigenvalue weighted by Gasteiger charge is 2.35. The van der Waals surface area contributed by atoms with Gasteiger partial charge < -0.3 is 25.0 Å². The number of nitrogens with one attached hydrogen (secondary N) is 1. The summed E-state index contributed by atoms with van der Waals surface area (Å²) in [4.78, 5) is 38.3. The number of amides is 3. The van der Waals surface area contributed by atoms with Gasteiger partial charge in [0.2, 0.25) is 5.91 Å². The van der Waals surface area contributed by atoms with Gasteiger partial charge in [0.05, 0.1) is 13.2 Å². The first-order chi connectivity index (χ1) is 10.0. The summed E-state index contributed by atoms with van der Waals surface area (Å²) in [7, 11) is 0. The second-order valence-corrected chi connectivity index (χ2v) is 5.30. The van der Waals surface area contributed by atoms with Crippen LogP contribution in [0.15, 0.2) is 0 Å². The van der Waals surface area contributed by atoms with Crippen LogP contribution in [-0.4, -0.2) is 77.7 Å². The van der Waals surface area contributed by atoms with Crippen molar-refractivity contribution >= 4 is 17.9 Å². The Balaban J connectivity index is 1.89. The quantitative estimate of drug-likeness (QED) is 0.731. The number of morpholine rings is 1. The molecular weight excluding hydrogens is 278 g/mol. The number of rotatable bonds is 3. The Morgan fingerprint density at radius 1 is 1.24 bits per heavy atom. The lowest BCUT2D eigenvalue weighted by Crippen LogP contribution is -2.54. The highest BCUT2D eigenvalue weighted by molar-refractivity contribution is 5.89. The van der Waals surface area contributed by atoms with Crippen molar-refractivity contribution in [1.82, 2.24) is 15.1 Å². The lowest BCUT2D eigenvalue weighted by molar-refractivity contribution is -0.141. The zero-order valence-electron chi connectivity index (χ0n) is 12.1. The third kappa shape index (κ3) is 3.63. The largest absolute Gasteiger partial charge is 0.480 e. The van der Waals surface area contributed by atoms with Gasteiger partial charge in [-0.25, -0.2) is 9.59 Å². The van der Waals surface area contributed by atoms with E-state index in [1.165, 1.54) is 4.90 Å². The van der Waals surface area contributed by atoms with Crippen LogP contribution in [0.2, 0.25) is 0 Å². The van der Waals surface area contributed by atoms with E-state index in [9.17, 15) is 14.4 Å². The molecule has 2 fully saturated rings. The number of urea groups is 1. The molecule has 0 aromatic rings. The molecule has 0 aromatic carbocycles. The standard InChI is InChI=1S/C13H21N3O5/c1-9(11(17)15-5-7-21-8-6-15)14-13(20)16-4-2-3-10(16)12(18)19/h9-10H,2-8H2,1H3,(H,14,20)(H,18,19)/t9?,10-/m1/s1. The number of aliphatic carboxylic acids is 1. The van der Waals surface area contributed by atoms with Crippen LogP contribution in [-0.2, 0) is 14.3 Å². The van der Waals surface area contributed by atoms with Crippen molar-refractivity contribution in [1.29, 1.82) is 0 Å². The van der Waals surface area contributed by atoms with E-state index < -0.39 is 24.1 Å². The third-order valence-electron chi connectivity index (χ3n) is 3.83. The number of carbonyl (C=O) groups is 3. The fraction of sp³-hybridized carbons (Fsp3) is 0.769. The molecule has 3 amide bonds. The van der Waals surface area contributed by atoms with Gasteiger partial charge in [-0.1, -0.05) is 0 Å². The van der Waals surface area contributed by atoms with Gasteiger partial charge in [0.25, 0.3) is 0 Å². The van der Waals surface area contributed by atoms with Crippen LogP contribution in [0.25, 0.3) is 0 Å². The fourth-order valence-corrected chi connectivity index (χ4v) is 2.65. The minimum atomic E-state index is -1.00. The van der Waals surface area contributed by atoms with E-state index >= 15 is 0 Å². The maximum absolute atomic E-state index is 12.2. The molecule has 2 N–H and O–H groups in total. The number of nitrogens with zero attached hydrogens (tertiary/aromatic N) is 2. The fourth-order valence-electron chi connectivity index (χ4n) is 2.65. The topological polar surface area (TPSA) is 99.2 Å². The Hall–Kier alpha value is -1.83. The van der Waals surface area contributed by atoms with Crippen LogP contribution in [0.1, 0.15) is 19.8 Å². The number of likely N-dealkylation sites (tertiary alicyclic amines) is 1. The summed E-state index contributed by atoms with van der Waals surface area (Å²) < 4.78 is 5.18. The van der Waals surface area contributed by atoms with Crippen LogP contribution < -0.4 is 5.32 Å². The molecule has 0 aliphatic carbocycles. The van der Waals surface area contributed by atoms with E-state index in [1.54, 1.807) is 11.8 Å². The highest BCUT2D eigenvalue weighted by atomic mass is 16.5. The Kier molecular flexibility index (Phi) is 5.00. The van der Waals surface area contributed by atoms with Gasteiger partial charge in [-0.3, -0.25) is 4.79 Å². The number of hydrogen-bond acceptors (Lipinski definition) is 4. The van der Waals surface area contributed by atoms with E-state index in [4.69, 9.17) is 9.84 Å². The van der Waals surface area contributed by atoms with Crippen LogP contribution >= 0.6 is 0 Å². The van der Waals surface area contributed by atoms with E-state index in [0.717, 1.165) is 0 Å². The molecule has 1 unspecified atom stereocenters. The van der Waals surface area contributed by atoms with E-state index in [-0.39, 0.29) is 5.91 Å². The predicted molar refractivity (Wildman–Crippen MR) is 72.8 cm³/mol. The minimum Gasteiger partial charge on any atom is -0.480 e. The Bertz CT molecular complexity index is 422. The normalized spacial score (nSPS) is 23.8. The number of carboxylic acid groups (broad SMARTS) is 1. The molecule has 2 saturated heterocycles. The minimum absolute atomic E-state index is 0.169. The molecule has 21 heavy (non-hydrogen) atoms. The molecule has 2 aliphatic heterocycles. The zero-order chi connectivity index (χ0) is 15.4. The van der Waals surface area contributed by atoms with E-state index in [1.807, 2.05) is 0 Å². The van der Waals surface area contributed by atoms with Crippen LogP contribution in [0, 0.1) is 0 Å². The van der Waals surface area contributed by atoms with Gasteiger partial charge in [0, 0.05) is 19.6 Å². The molecule has 0 bridgehead atoms. The second-order valence-electron chi connectivity index (χ2n) is 5.30. The molecule has 0 radical (unpaired) electrons. The van der Waals surface area contributed by atoms with Crippen molar-refractivity contribution in [2.24, 2.45) is 0 Å². The summed E-state index contributed by atoms with van der Waals surface area (Å²) in [6.45, 7) is 4.04. The summed E-state index contributed by atoms with van der Waals surface area (Å²) in [5.41, 5.74) is 0. The number of ether oxygens (including phenoxy) is 1. The smallest absolute Gasteiger partial charge is 0.326 e. The molecule has 8 nitrogen and oxygen atoms in total. The van der Waals surface area contributed by atoms with Crippen molar-refractivity contribution < 1.29 is 24.2 Å². The molecule has 0 spiro atoms. The van der Waals surface area contributed by atoms with E-state index in [2.05, 4.69) is 5.32 Å². The maximum Gasteiger partial charge on any atom is 0.326 e. The zero-order valence-corrected chi connectivity index (χ0v) is 12.1. The molecule has 2 atom stereocenters. The lowest BCUT2D eigenvalue weighted by Gasteiger charge is -2.30. The first kappa shape index (κ1) is 15.6. The Morgan fingerprint density at radius 3 is 2.52 bits per heavy atom. The summed E-state index contributed by atoms with van der Waals surface area (Å²) >= 11 is 0. The first-order valence-corrected chi connectivity index (χ1v) is 7.17. The summed E-state index contributed by atoms with van der Waals surface area (Å²) in [5.74, 6) is -1.17. The van der Waals surface area contributed by atoms with Crippen molar-refractivity contribution in [3.8, 4) is 0 Å². The third-order valence-corrected chi connectivity index (χ3v) is 3.83. The SMILES string of the molecule is CC(NC(=O)N1CCC[C@@H]1C(=O)O)C(=O)N1CCOCC1. The average Bonchev–Trinajstić information content (AvgIpc) is 2.97. The molecule has 2 heterocycles. The average molecular weight is 299 g/mol. The molecule has 0 aromatic heterocycles. The van der Waals surface area contributed by atoms with Crippen molar-refractivity contribution in [3.05, 3.63) is 0 Å². The number of carboxylic acids is 1. The molecule has 118 valence electrons. The molecule has 8 heteroatoms. The van der Waals surface area contributed by atoms with Gasteiger partial charge >= 0.3 is 12.0 Å². The van der Waals surface area contributed by atoms with Crippen LogP contribution in [0.3, 0.4) is 0 Å². The van der Waals surface area contributed by atoms with Gasteiger partial charge in [-0.2, -0.15) is 0 Å². The van der Waals surface area contributed by atoms with Crippen molar-refractivity contribution in [2.45, 2.75) is 31.8 Å². The van der Waals surface area contributed by atoms with Crippen LogP contribution in [0.5, 0.6) is 0 Å². The molecule has 2 aliphatic rings.